The van der Waals surface area contributed by atoms with Gasteiger partial charge < -0.3 is 0 Å². The number of benzene rings is 2. The summed E-state index contributed by atoms with van der Waals surface area (Å²) in [5.41, 5.74) is 2.38. The van der Waals surface area contributed by atoms with Crippen molar-refractivity contribution in [3.8, 4) is 11.3 Å². The fraction of sp³-hybridized carbons (Fsp3) is 0. The zero-order valence-corrected chi connectivity index (χ0v) is 14.4. The van der Waals surface area contributed by atoms with Crippen LogP contribution in [0, 0.1) is 5.82 Å². The minimum absolute atomic E-state index is 0.243. The summed E-state index contributed by atoms with van der Waals surface area (Å²) in [5, 5.41) is 1.50. The van der Waals surface area contributed by atoms with Crippen LogP contribution in [0.15, 0.2) is 52.3 Å². The Balaban J connectivity index is 1.89. The van der Waals surface area contributed by atoms with Crippen molar-refractivity contribution in [3.05, 3.63) is 73.7 Å². The maximum absolute atomic E-state index is 13.6. The predicted molar refractivity (Wildman–Crippen MR) is 95.6 cm³/mol. The van der Waals surface area contributed by atoms with Gasteiger partial charge in [0, 0.05) is 16.1 Å². The second-order valence-corrected chi connectivity index (χ2v) is 7.32. The van der Waals surface area contributed by atoms with Gasteiger partial charge in [0.15, 0.2) is 0 Å². The Morgan fingerprint density at radius 3 is 2.50 bits per heavy atom. The van der Waals surface area contributed by atoms with Crippen LogP contribution in [0.5, 0.6) is 0 Å². The fourth-order valence-corrected chi connectivity index (χ4v) is 3.60. The average Bonchev–Trinajstić information content (AvgIpc) is 2.88. The molecular formula is C17H10BrClFNS. The Morgan fingerprint density at radius 2 is 1.77 bits per heavy atom. The minimum Gasteiger partial charge on any atom is -0.235 e. The van der Waals surface area contributed by atoms with E-state index in [0.29, 0.717) is 10.6 Å². The highest BCUT2D eigenvalue weighted by Crippen LogP contribution is 2.34. The topological polar surface area (TPSA) is 12.9 Å². The monoisotopic (exact) mass is 393 g/mol. The van der Waals surface area contributed by atoms with Crippen molar-refractivity contribution in [3.63, 3.8) is 0 Å². The van der Waals surface area contributed by atoms with Gasteiger partial charge in [0.2, 0.25) is 0 Å². The molecule has 0 fully saturated rings. The normalized spacial score (nSPS) is 11.2. The van der Waals surface area contributed by atoms with Crippen LogP contribution in [0.2, 0.25) is 5.02 Å². The molecule has 1 aromatic heterocycles. The van der Waals surface area contributed by atoms with Crippen LogP contribution in [0.3, 0.4) is 0 Å². The average molecular weight is 395 g/mol. The molecule has 0 aliphatic heterocycles. The van der Waals surface area contributed by atoms with Gasteiger partial charge in [-0.25, -0.2) is 9.37 Å². The number of hydrogen-bond donors (Lipinski definition) is 0. The van der Waals surface area contributed by atoms with Crippen molar-refractivity contribution >= 4 is 51.0 Å². The van der Waals surface area contributed by atoms with Crippen LogP contribution in [-0.2, 0) is 0 Å². The van der Waals surface area contributed by atoms with E-state index in [2.05, 4.69) is 20.9 Å². The molecule has 0 atom stereocenters. The first kappa shape index (κ1) is 15.4. The number of thiazole rings is 1. The zero-order valence-electron chi connectivity index (χ0n) is 11.3. The fourth-order valence-electron chi connectivity index (χ4n) is 1.95. The predicted octanol–water partition coefficient (Wildman–Crippen LogP) is 6.54. The maximum Gasteiger partial charge on any atom is 0.130 e. The molecule has 0 N–H and O–H groups in total. The van der Waals surface area contributed by atoms with Crippen LogP contribution < -0.4 is 0 Å². The second-order valence-electron chi connectivity index (χ2n) is 4.54. The molecule has 0 saturated heterocycles. The van der Waals surface area contributed by atoms with Gasteiger partial charge >= 0.3 is 0 Å². The maximum atomic E-state index is 13.6. The third-order valence-corrected chi connectivity index (χ3v) is 4.95. The van der Waals surface area contributed by atoms with Gasteiger partial charge in [-0.2, -0.15) is 0 Å². The molecule has 5 heteroatoms. The molecule has 110 valence electrons. The number of nitrogens with zero attached hydrogens (tertiary/aromatic N) is 1. The van der Waals surface area contributed by atoms with E-state index in [1.807, 2.05) is 30.3 Å². The van der Waals surface area contributed by atoms with Gasteiger partial charge in [0.05, 0.1) is 9.48 Å². The van der Waals surface area contributed by atoms with E-state index >= 15 is 0 Å². The SMILES string of the molecule is Fc1ccccc1C=Cc1nc(-c2ccc(Cl)cc2)c(Br)s1. The molecule has 0 aliphatic rings. The Hall–Kier alpha value is -1.49. The van der Waals surface area contributed by atoms with E-state index in [0.717, 1.165) is 20.1 Å². The number of hydrogen-bond acceptors (Lipinski definition) is 2. The van der Waals surface area contributed by atoms with Crippen molar-refractivity contribution in [1.29, 1.82) is 0 Å². The molecule has 3 rings (SSSR count). The summed E-state index contributed by atoms with van der Waals surface area (Å²) in [7, 11) is 0. The smallest absolute Gasteiger partial charge is 0.130 e. The van der Waals surface area contributed by atoms with Crippen molar-refractivity contribution in [2.45, 2.75) is 0 Å². The first-order chi connectivity index (χ1) is 10.6. The third kappa shape index (κ3) is 3.46. The Labute approximate surface area is 145 Å². The number of halogens is 3. The van der Waals surface area contributed by atoms with E-state index in [9.17, 15) is 4.39 Å². The van der Waals surface area contributed by atoms with Crippen LogP contribution in [0.25, 0.3) is 23.4 Å². The summed E-state index contributed by atoms with van der Waals surface area (Å²) in [6.07, 6.45) is 3.54. The Morgan fingerprint density at radius 1 is 1.05 bits per heavy atom. The van der Waals surface area contributed by atoms with Gasteiger partial charge in [0.25, 0.3) is 0 Å². The summed E-state index contributed by atoms with van der Waals surface area (Å²) in [4.78, 5) is 4.57. The van der Waals surface area contributed by atoms with E-state index in [1.165, 1.54) is 17.4 Å². The lowest BCUT2D eigenvalue weighted by Gasteiger charge is -1.97. The molecule has 0 bridgehead atoms. The van der Waals surface area contributed by atoms with Gasteiger partial charge in [-0.05, 0) is 46.3 Å². The molecule has 0 amide bonds. The first-order valence-corrected chi connectivity index (χ1v) is 8.47. The molecule has 1 nitrogen and oxygen atoms in total. The van der Waals surface area contributed by atoms with Crippen molar-refractivity contribution < 1.29 is 4.39 Å². The minimum atomic E-state index is -0.243. The van der Waals surface area contributed by atoms with E-state index in [-0.39, 0.29) is 5.82 Å². The van der Waals surface area contributed by atoms with Gasteiger partial charge in [0.1, 0.15) is 10.8 Å². The number of rotatable bonds is 3. The Bertz CT molecular complexity index is 827. The molecule has 0 saturated carbocycles. The van der Waals surface area contributed by atoms with Gasteiger partial charge in [-0.15, -0.1) is 11.3 Å². The van der Waals surface area contributed by atoms with Crippen LogP contribution in [0.4, 0.5) is 4.39 Å². The highest BCUT2D eigenvalue weighted by atomic mass is 79.9. The summed E-state index contributed by atoms with van der Waals surface area (Å²) >= 11 is 10.9. The summed E-state index contributed by atoms with van der Waals surface area (Å²) in [6, 6.07) is 14.2. The Kier molecular flexibility index (Phi) is 4.71. The highest BCUT2D eigenvalue weighted by molar-refractivity contribution is 9.11. The quantitative estimate of drug-likeness (QED) is 0.492. The van der Waals surface area contributed by atoms with Crippen molar-refractivity contribution in [2.75, 3.05) is 0 Å². The molecular weight excluding hydrogens is 385 g/mol. The highest BCUT2D eigenvalue weighted by Gasteiger charge is 2.09. The molecule has 1 heterocycles. The molecule has 3 aromatic rings. The lowest BCUT2D eigenvalue weighted by Crippen LogP contribution is -1.80. The van der Waals surface area contributed by atoms with E-state index in [1.54, 1.807) is 24.3 Å². The lowest BCUT2D eigenvalue weighted by atomic mass is 10.2. The standard InChI is InChI=1S/C17H10BrClFNS/c18-17-16(12-5-8-13(19)9-6-12)21-15(22-17)10-7-11-3-1-2-4-14(11)20/h1-10H. The zero-order chi connectivity index (χ0) is 15.5. The summed E-state index contributed by atoms with van der Waals surface area (Å²) in [5.74, 6) is -0.243. The van der Waals surface area contributed by atoms with Gasteiger partial charge in [-0.1, -0.05) is 41.9 Å². The van der Waals surface area contributed by atoms with Crippen LogP contribution >= 0.6 is 38.9 Å². The molecule has 0 aliphatic carbocycles. The molecule has 2 aromatic carbocycles. The summed E-state index contributed by atoms with van der Waals surface area (Å²) < 4.78 is 14.5. The van der Waals surface area contributed by atoms with Crippen LogP contribution in [0.1, 0.15) is 10.6 Å². The first-order valence-electron chi connectivity index (χ1n) is 6.48. The molecule has 0 unspecified atom stereocenters. The van der Waals surface area contributed by atoms with Crippen molar-refractivity contribution in [1.82, 2.24) is 4.98 Å². The molecule has 0 radical (unpaired) electrons. The third-order valence-electron chi connectivity index (χ3n) is 3.03. The number of aromatic nitrogens is 1. The largest absolute Gasteiger partial charge is 0.235 e. The van der Waals surface area contributed by atoms with Crippen molar-refractivity contribution in [2.24, 2.45) is 0 Å². The van der Waals surface area contributed by atoms with Gasteiger partial charge in [-0.3, -0.25) is 0 Å². The second kappa shape index (κ2) is 6.73. The molecule has 22 heavy (non-hydrogen) atoms. The lowest BCUT2D eigenvalue weighted by molar-refractivity contribution is 0.625. The van der Waals surface area contributed by atoms with E-state index in [4.69, 9.17) is 11.6 Å². The molecule has 0 spiro atoms. The summed E-state index contributed by atoms with van der Waals surface area (Å²) in [6.45, 7) is 0. The van der Waals surface area contributed by atoms with E-state index < -0.39 is 0 Å². The van der Waals surface area contributed by atoms with Crippen LogP contribution in [-0.4, -0.2) is 4.98 Å².